The molecule has 162 valence electrons. The normalized spacial score (nSPS) is 9.76. The fourth-order valence-corrected chi connectivity index (χ4v) is 3.26. The van der Waals surface area contributed by atoms with Crippen molar-refractivity contribution in [3.63, 3.8) is 0 Å². The third kappa shape index (κ3) is 26.1. The van der Waals surface area contributed by atoms with E-state index in [9.17, 15) is 4.79 Å². The molecule has 0 spiro atoms. The van der Waals surface area contributed by atoms with Crippen molar-refractivity contribution in [2.24, 2.45) is 0 Å². The number of aliphatic carboxylic acids is 1. The first-order valence-electron chi connectivity index (χ1n) is 11.9. The molecule has 0 saturated heterocycles. The number of hydrogen-bond donors (Lipinski definition) is 1. The van der Waals surface area contributed by atoms with E-state index in [1.54, 1.807) is 0 Å². The molecule has 29 heavy (non-hydrogen) atoms. The van der Waals surface area contributed by atoms with Gasteiger partial charge in [0, 0.05) is 25.7 Å². The van der Waals surface area contributed by atoms with Crippen LogP contribution in [0.25, 0.3) is 0 Å². The molecule has 0 saturated carbocycles. The molecule has 0 aliphatic heterocycles. The average Bonchev–Trinajstić information content (AvgIpc) is 2.71. The van der Waals surface area contributed by atoms with Gasteiger partial charge in [-0.05, 0) is 37.5 Å². The highest BCUT2D eigenvalue weighted by molar-refractivity contribution is 5.66. The predicted molar refractivity (Wildman–Crippen MR) is 124 cm³/mol. The zero-order valence-corrected chi connectivity index (χ0v) is 18.6. The fraction of sp³-hybridized carbons (Fsp3) is 0.741. The Balaban J connectivity index is 3.24. The summed E-state index contributed by atoms with van der Waals surface area (Å²) in [5.41, 5.74) is 0. The quantitative estimate of drug-likeness (QED) is 0.180. The second kappa shape index (κ2) is 24.2. The minimum atomic E-state index is -0.685. The van der Waals surface area contributed by atoms with Crippen LogP contribution in [0.1, 0.15) is 128 Å². The molecule has 2 heteroatoms. The molecule has 0 heterocycles. The van der Waals surface area contributed by atoms with Crippen LogP contribution < -0.4 is 0 Å². The van der Waals surface area contributed by atoms with E-state index in [2.05, 4.69) is 29.6 Å². The van der Waals surface area contributed by atoms with E-state index >= 15 is 0 Å². The molecule has 0 aliphatic carbocycles. The first-order chi connectivity index (χ1) is 14.3. The van der Waals surface area contributed by atoms with Crippen LogP contribution in [0.4, 0.5) is 0 Å². The van der Waals surface area contributed by atoms with E-state index in [0.29, 0.717) is 6.42 Å². The van der Waals surface area contributed by atoms with Gasteiger partial charge in [-0.1, -0.05) is 88.9 Å². The van der Waals surface area contributed by atoms with Crippen molar-refractivity contribution >= 4 is 5.97 Å². The lowest BCUT2D eigenvalue weighted by Gasteiger charge is -2.01. The van der Waals surface area contributed by atoms with Gasteiger partial charge in [-0.15, -0.1) is 12.3 Å². The first kappa shape index (κ1) is 27.1. The summed E-state index contributed by atoms with van der Waals surface area (Å²) < 4.78 is 0. The van der Waals surface area contributed by atoms with Crippen LogP contribution in [-0.4, -0.2) is 11.1 Å². The van der Waals surface area contributed by atoms with Crippen molar-refractivity contribution in [1.82, 2.24) is 0 Å². The van der Waals surface area contributed by atoms with Crippen LogP contribution in [0, 0.1) is 36.0 Å². The Labute approximate surface area is 180 Å². The third-order valence-corrected chi connectivity index (χ3v) is 5.05. The molecule has 0 atom stereocenters. The molecule has 2 nitrogen and oxygen atoms in total. The van der Waals surface area contributed by atoms with Crippen LogP contribution in [0.3, 0.4) is 0 Å². The molecular formula is C27H42O2. The largest absolute Gasteiger partial charge is 0.481 e. The highest BCUT2D eigenvalue weighted by Gasteiger charge is 1.96. The molecule has 0 rings (SSSR count). The number of unbranched alkanes of at least 4 members (excludes halogenated alkanes) is 17. The molecular weight excluding hydrogens is 356 g/mol. The molecule has 0 amide bonds. The number of terminal acetylenes is 1. The molecule has 0 unspecified atom stereocenters. The van der Waals surface area contributed by atoms with Gasteiger partial charge in [0.05, 0.1) is 0 Å². The van der Waals surface area contributed by atoms with Crippen LogP contribution in [0.15, 0.2) is 0 Å². The van der Waals surface area contributed by atoms with Crippen molar-refractivity contribution in [2.75, 3.05) is 0 Å². The van der Waals surface area contributed by atoms with Gasteiger partial charge in [-0.3, -0.25) is 4.79 Å². The zero-order valence-electron chi connectivity index (χ0n) is 18.6. The van der Waals surface area contributed by atoms with E-state index in [0.717, 1.165) is 44.9 Å². The van der Waals surface area contributed by atoms with E-state index in [1.807, 2.05) is 0 Å². The van der Waals surface area contributed by atoms with Gasteiger partial charge < -0.3 is 5.11 Å². The molecule has 0 aromatic carbocycles. The Bertz CT molecular complexity index is 533. The van der Waals surface area contributed by atoms with Crippen LogP contribution in [0.2, 0.25) is 0 Å². The first-order valence-corrected chi connectivity index (χ1v) is 11.9. The molecule has 0 radical (unpaired) electrons. The van der Waals surface area contributed by atoms with Crippen molar-refractivity contribution in [3.8, 4) is 36.0 Å². The summed E-state index contributed by atoms with van der Waals surface area (Å²) in [6, 6.07) is 0. The summed E-state index contributed by atoms with van der Waals surface area (Å²) >= 11 is 0. The van der Waals surface area contributed by atoms with E-state index in [-0.39, 0.29) is 0 Å². The van der Waals surface area contributed by atoms with Gasteiger partial charge in [0.1, 0.15) is 0 Å². The Morgan fingerprint density at radius 3 is 1.28 bits per heavy atom. The summed E-state index contributed by atoms with van der Waals surface area (Å²) in [7, 11) is 0. The maximum Gasteiger partial charge on any atom is 0.303 e. The van der Waals surface area contributed by atoms with Crippen molar-refractivity contribution in [3.05, 3.63) is 0 Å². The number of carboxylic acid groups (broad SMARTS) is 1. The minimum absolute atomic E-state index is 0.304. The predicted octanol–water partition coefficient (Wildman–Crippen LogP) is 7.51. The van der Waals surface area contributed by atoms with Gasteiger partial charge in [0.25, 0.3) is 0 Å². The minimum Gasteiger partial charge on any atom is -0.481 e. The molecule has 0 aromatic rings. The summed E-state index contributed by atoms with van der Waals surface area (Å²) in [6.45, 7) is 0. The SMILES string of the molecule is C#CCCCCCCCCCCCCC#CC#CCCCCCCCCC(=O)O. The third-order valence-electron chi connectivity index (χ3n) is 5.05. The van der Waals surface area contributed by atoms with Gasteiger partial charge in [0.2, 0.25) is 0 Å². The second-order valence-corrected chi connectivity index (χ2v) is 7.86. The van der Waals surface area contributed by atoms with Crippen molar-refractivity contribution in [1.29, 1.82) is 0 Å². The Hall–Kier alpha value is -1.85. The second-order valence-electron chi connectivity index (χ2n) is 7.86. The lowest BCUT2D eigenvalue weighted by molar-refractivity contribution is -0.137. The van der Waals surface area contributed by atoms with Gasteiger partial charge >= 0.3 is 5.97 Å². The van der Waals surface area contributed by atoms with Crippen molar-refractivity contribution in [2.45, 2.75) is 128 Å². The summed E-state index contributed by atoms with van der Waals surface area (Å²) in [5.74, 6) is 14.3. The van der Waals surface area contributed by atoms with E-state index < -0.39 is 5.97 Å². The summed E-state index contributed by atoms with van der Waals surface area (Å²) in [4.78, 5) is 10.4. The van der Waals surface area contributed by atoms with E-state index in [1.165, 1.54) is 77.0 Å². The number of hydrogen-bond acceptors (Lipinski definition) is 1. The molecule has 0 aliphatic rings. The average molecular weight is 399 g/mol. The Morgan fingerprint density at radius 2 is 0.897 bits per heavy atom. The Morgan fingerprint density at radius 1 is 0.552 bits per heavy atom. The fourth-order valence-electron chi connectivity index (χ4n) is 3.26. The smallest absolute Gasteiger partial charge is 0.303 e. The summed E-state index contributed by atoms with van der Waals surface area (Å²) in [5, 5.41) is 8.56. The molecule has 1 N–H and O–H groups in total. The highest BCUT2D eigenvalue weighted by Crippen LogP contribution is 2.11. The monoisotopic (exact) mass is 398 g/mol. The lowest BCUT2D eigenvalue weighted by atomic mass is 10.1. The van der Waals surface area contributed by atoms with Gasteiger partial charge in [0.15, 0.2) is 0 Å². The number of carboxylic acids is 1. The van der Waals surface area contributed by atoms with Crippen LogP contribution >= 0.6 is 0 Å². The molecule has 0 aromatic heterocycles. The zero-order chi connectivity index (χ0) is 21.3. The number of carbonyl (C=O) groups is 1. The van der Waals surface area contributed by atoms with Crippen LogP contribution in [-0.2, 0) is 4.79 Å². The lowest BCUT2D eigenvalue weighted by Crippen LogP contribution is -1.93. The Kier molecular flexibility index (Phi) is 22.6. The topological polar surface area (TPSA) is 37.3 Å². The molecule has 0 bridgehead atoms. The molecule has 0 fully saturated rings. The van der Waals surface area contributed by atoms with Gasteiger partial charge in [-0.2, -0.15) is 0 Å². The van der Waals surface area contributed by atoms with Gasteiger partial charge in [-0.25, -0.2) is 0 Å². The summed E-state index contributed by atoms with van der Waals surface area (Å²) in [6.07, 6.45) is 27.9. The maximum absolute atomic E-state index is 10.4. The standard InChI is InChI=1S/C27H42O2/c1-2-3-4-5-6-7-8-9-10-11-12-13-14-15-16-17-18-19-20-21-22-23-24-25-26-27(28)29/h1H,3-14,19-26H2,(H,28,29). The highest BCUT2D eigenvalue weighted by atomic mass is 16.4. The van der Waals surface area contributed by atoms with Crippen LogP contribution in [0.5, 0.6) is 0 Å². The van der Waals surface area contributed by atoms with Crippen molar-refractivity contribution < 1.29 is 9.90 Å². The van der Waals surface area contributed by atoms with E-state index in [4.69, 9.17) is 11.5 Å². The number of rotatable bonds is 19. The maximum atomic E-state index is 10.4.